The average molecular weight is 185 g/mol. The molecule has 5 nitrogen and oxygen atoms in total. The first-order valence-corrected chi connectivity index (χ1v) is 4.31. The van der Waals surface area contributed by atoms with Crippen molar-refractivity contribution in [1.29, 1.82) is 0 Å². The van der Waals surface area contributed by atoms with Crippen LogP contribution in [-0.2, 0) is 4.79 Å². The first-order chi connectivity index (χ1) is 6.11. The standard InChI is InChI=1S/C8H15N3O2/c1-10(2)9-6-11-5-3-4-7(11)8(12)13/h6-7H,3-5H2,1-2H3,(H,12,13)/t7-/m0/s1. The van der Waals surface area contributed by atoms with E-state index in [1.54, 1.807) is 16.2 Å². The number of likely N-dealkylation sites (tertiary alicyclic amines) is 1. The second-order valence-corrected chi connectivity index (χ2v) is 3.31. The summed E-state index contributed by atoms with van der Waals surface area (Å²) in [4.78, 5) is 12.5. The summed E-state index contributed by atoms with van der Waals surface area (Å²) in [6, 6.07) is -0.385. The fourth-order valence-corrected chi connectivity index (χ4v) is 1.36. The van der Waals surface area contributed by atoms with Gasteiger partial charge in [-0.25, -0.2) is 4.79 Å². The van der Waals surface area contributed by atoms with Crippen LogP contribution < -0.4 is 0 Å². The van der Waals surface area contributed by atoms with Gasteiger partial charge in [0.25, 0.3) is 0 Å². The van der Waals surface area contributed by atoms with Gasteiger partial charge in [-0.15, -0.1) is 0 Å². The highest BCUT2D eigenvalue weighted by Crippen LogP contribution is 2.15. The topological polar surface area (TPSA) is 56.1 Å². The fourth-order valence-electron chi connectivity index (χ4n) is 1.36. The third kappa shape index (κ3) is 2.61. The van der Waals surface area contributed by atoms with Gasteiger partial charge < -0.3 is 15.0 Å². The number of rotatable bonds is 3. The van der Waals surface area contributed by atoms with Crippen LogP contribution >= 0.6 is 0 Å². The van der Waals surface area contributed by atoms with Crippen molar-refractivity contribution in [3.63, 3.8) is 0 Å². The minimum Gasteiger partial charge on any atom is -0.480 e. The summed E-state index contributed by atoms with van der Waals surface area (Å²) >= 11 is 0. The van der Waals surface area contributed by atoms with E-state index in [-0.39, 0.29) is 6.04 Å². The maximum Gasteiger partial charge on any atom is 0.326 e. The van der Waals surface area contributed by atoms with Crippen LogP contribution in [0.1, 0.15) is 12.8 Å². The highest BCUT2D eigenvalue weighted by Gasteiger charge is 2.28. The molecule has 1 atom stereocenters. The van der Waals surface area contributed by atoms with Crippen LogP contribution in [-0.4, -0.2) is 54.0 Å². The molecule has 13 heavy (non-hydrogen) atoms. The molecule has 0 unspecified atom stereocenters. The van der Waals surface area contributed by atoms with Gasteiger partial charge in [0.05, 0.1) is 0 Å². The molecule has 0 bridgehead atoms. The van der Waals surface area contributed by atoms with Crippen LogP contribution in [0.5, 0.6) is 0 Å². The summed E-state index contributed by atoms with van der Waals surface area (Å²) < 4.78 is 0. The van der Waals surface area contributed by atoms with Crippen molar-refractivity contribution in [3.05, 3.63) is 0 Å². The molecule has 0 aromatic heterocycles. The molecule has 74 valence electrons. The summed E-state index contributed by atoms with van der Waals surface area (Å²) in [5, 5.41) is 14.5. The van der Waals surface area contributed by atoms with Gasteiger partial charge >= 0.3 is 5.97 Å². The summed E-state index contributed by atoms with van der Waals surface area (Å²) in [6.45, 7) is 0.786. The van der Waals surface area contributed by atoms with Crippen molar-refractivity contribution in [2.24, 2.45) is 5.10 Å². The van der Waals surface area contributed by atoms with E-state index in [1.807, 2.05) is 14.1 Å². The molecule has 0 saturated carbocycles. The van der Waals surface area contributed by atoms with Gasteiger partial charge in [0.2, 0.25) is 0 Å². The molecule has 1 aliphatic rings. The van der Waals surface area contributed by atoms with Crippen LogP contribution in [0.4, 0.5) is 0 Å². The first-order valence-electron chi connectivity index (χ1n) is 4.31. The Balaban J connectivity index is 2.53. The normalized spacial score (nSPS) is 22.6. The molecule has 5 heteroatoms. The Morgan fingerprint density at radius 1 is 1.69 bits per heavy atom. The molecule has 1 N–H and O–H groups in total. The highest BCUT2D eigenvalue weighted by molar-refractivity contribution is 5.77. The number of nitrogens with zero attached hydrogens (tertiary/aromatic N) is 3. The van der Waals surface area contributed by atoms with Gasteiger partial charge in [0.1, 0.15) is 12.4 Å². The van der Waals surface area contributed by atoms with Gasteiger partial charge in [0, 0.05) is 20.6 Å². The van der Waals surface area contributed by atoms with E-state index >= 15 is 0 Å². The minimum atomic E-state index is -0.761. The lowest BCUT2D eigenvalue weighted by Gasteiger charge is -2.18. The van der Waals surface area contributed by atoms with E-state index in [1.165, 1.54) is 0 Å². The molecule has 0 aliphatic carbocycles. The van der Waals surface area contributed by atoms with E-state index in [9.17, 15) is 4.79 Å². The Morgan fingerprint density at radius 2 is 2.38 bits per heavy atom. The number of hydrogen-bond donors (Lipinski definition) is 1. The van der Waals surface area contributed by atoms with Gasteiger partial charge in [-0.05, 0) is 12.8 Å². The van der Waals surface area contributed by atoms with Crippen molar-refractivity contribution < 1.29 is 9.90 Å². The molecular weight excluding hydrogens is 170 g/mol. The monoisotopic (exact) mass is 185 g/mol. The largest absolute Gasteiger partial charge is 0.480 e. The molecule has 0 radical (unpaired) electrons. The zero-order chi connectivity index (χ0) is 9.84. The van der Waals surface area contributed by atoms with Crippen molar-refractivity contribution >= 4 is 12.3 Å². The van der Waals surface area contributed by atoms with Gasteiger partial charge in [0.15, 0.2) is 0 Å². The third-order valence-electron chi connectivity index (χ3n) is 2.01. The van der Waals surface area contributed by atoms with Crippen molar-refractivity contribution in [1.82, 2.24) is 9.91 Å². The van der Waals surface area contributed by atoms with E-state index in [0.29, 0.717) is 0 Å². The van der Waals surface area contributed by atoms with Crippen LogP contribution in [0, 0.1) is 0 Å². The summed E-state index contributed by atoms with van der Waals surface area (Å²) in [5.41, 5.74) is 0. The molecule has 1 heterocycles. The van der Waals surface area contributed by atoms with Crippen LogP contribution in [0.25, 0.3) is 0 Å². The summed E-state index contributed by atoms with van der Waals surface area (Å²) in [5.74, 6) is -0.761. The predicted molar refractivity (Wildman–Crippen MR) is 49.5 cm³/mol. The SMILES string of the molecule is CN(C)N=CN1CCC[C@H]1C(=O)O. The third-order valence-corrected chi connectivity index (χ3v) is 2.01. The number of carbonyl (C=O) groups is 1. The molecule has 0 spiro atoms. The molecule has 1 fully saturated rings. The van der Waals surface area contributed by atoms with E-state index < -0.39 is 5.97 Å². The number of hydrazone groups is 1. The summed E-state index contributed by atoms with van der Waals surface area (Å²) in [7, 11) is 3.62. The van der Waals surface area contributed by atoms with E-state index in [4.69, 9.17) is 5.11 Å². The summed E-state index contributed by atoms with van der Waals surface area (Å²) in [6.07, 6.45) is 3.25. The van der Waals surface area contributed by atoms with Crippen molar-refractivity contribution in [2.45, 2.75) is 18.9 Å². The van der Waals surface area contributed by atoms with Gasteiger partial charge in [-0.1, -0.05) is 0 Å². The van der Waals surface area contributed by atoms with Crippen LogP contribution in [0.3, 0.4) is 0 Å². The predicted octanol–water partition coefficient (Wildman–Crippen LogP) is 0.0403. The molecule has 1 rings (SSSR count). The average Bonchev–Trinajstić information content (AvgIpc) is 2.47. The van der Waals surface area contributed by atoms with Gasteiger partial charge in [-0.3, -0.25) is 0 Å². The lowest BCUT2D eigenvalue weighted by molar-refractivity contribution is -0.140. The first kappa shape index (κ1) is 9.83. The Bertz CT molecular complexity index is 215. The van der Waals surface area contributed by atoms with Crippen molar-refractivity contribution in [3.8, 4) is 0 Å². The Morgan fingerprint density at radius 3 is 2.92 bits per heavy atom. The lowest BCUT2D eigenvalue weighted by Crippen LogP contribution is -2.35. The molecule has 1 aliphatic heterocycles. The zero-order valence-electron chi connectivity index (χ0n) is 7.97. The maximum absolute atomic E-state index is 10.7. The fraction of sp³-hybridized carbons (Fsp3) is 0.750. The molecule has 0 aromatic rings. The second kappa shape index (κ2) is 4.11. The number of hydrogen-bond acceptors (Lipinski definition) is 3. The Labute approximate surface area is 77.6 Å². The number of carboxylic acid groups (broad SMARTS) is 1. The van der Waals surface area contributed by atoms with Crippen LogP contribution in [0.2, 0.25) is 0 Å². The molecule has 1 saturated heterocycles. The second-order valence-electron chi connectivity index (χ2n) is 3.31. The zero-order valence-corrected chi connectivity index (χ0v) is 7.97. The Hall–Kier alpha value is -1.26. The number of carboxylic acids is 1. The Kier molecular flexibility index (Phi) is 3.11. The molecule has 0 aromatic carbocycles. The smallest absolute Gasteiger partial charge is 0.326 e. The van der Waals surface area contributed by atoms with Gasteiger partial charge in [-0.2, -0.15) is 5.10 Å². The van der Waals surface area contributed by atoms with E-state index in [0.717, 1.165) is 19.4 Å². The van der Waals surface area contributed by atoms with Crippen LogP contribution in [0.15, 0.2) is 5.10 Å². The van der Waals surface area contributed by atoms with Crippen molar-refractivity contribution in [2.75, 3.05) is 20.6 Å². The highest BCUT2D eigenvalue weighted by atomic mass is 16.4. The minimum absolute atomic E-state index is 0.385. The van der Waals surface area contributed by atoms with E-state index in [2.05, 4.69) is 5.10 Å². The number of aliphatic carboxylic acids is 1. The lowest BCUT2D eigenvalue weighted by atomic mass is 10.2. The quantitative estimate of drug-likeness (QED) is 0.383. The molecular formula is C8H15N3O2. The maximum atomic E-state index is 10.7. The molecule has 0 amide bonds.